The molecule has 130 valence electrons. The van der Waals surface area contributed by atoms with E-state index in [1.165, 1.54) is 12.1 Å². The number of hydrogen-bond acceptors (Lipinski definition) is 3. The SMILES string of the molecule is O=C1CC(C(F)(F)F)N(C(=O)CN2CCCC2)c2ccccc2N1. The Labute approximate surface area is 137 Å². The standard InChI is InChI=1S/C16H18F3N3O2/c17-16(18,19)13-9-14(23)20-11-5-1-2-6-12(11)22(13)15(24)10-21-7-3-4-8-21/h1-2,5-6,13H,3-4,7-10H2,(H,20,23). The summed E-state index contributed by atoms with van der Waals surface area (Å²) >= 11 is 0. The highest BCUT2D eigenvalue weighted by atomic mass is 19.4. The predicted octanol–water partition coefficient (Wildman–Crippen LogP) is 2.39. The van der Waals surface area contributed by atoms with Crippen LogP contribution < -0.4 is 10.2 Å². The molecule has 0 saturated carbocycles. The van der Waals surface area contributed by atoms with E-state index in [2.05, 4.69) is 5.32 Å². The first-order valence-electron chi connectivity index (χ1n) is 7.86. The van der Waals surface area contributed by atoms with Crippen molar-refractivity contribution in [2.45, 2.75) is 31.5 Å². The summed E-state index contributed by atoms with van der Waals surface area (Å²) in [7, 11) is 0. The van der Waals surface area contributed by atoms with Crippen LogP contribution >= 0.6 is 0 Å². The number of carbonyl (C=O) groups excluding carboxylic acids is 2. The summed E-state index contributed by atoms with van der Waals surface area (Å²) in [5, 5.41) is 2.46. The summed E-state index contributed by atoms with van der Waals surface area (Å²) in [6, 6.07) is 3.94. The Kier molecular flexibility index (Phi) is 4.49. The molecule has 1 unspecified atom stereocenters. The summed E-state index contributed by atoms with van der Waals surface area (Å²) in [5.41, 5.74) is 0.318. The zero-order valence-electron chi connectivity index (χ0n) is 13.0. The molecule has 1 aromatic carbocycles. The number of amides is 2. The number of para-hydroxylation sites is 2. The van der Waals surface area contributed by atoms with Gasteiger partial charge in [-0.15, -0.1) is 0 Å². The van der Waals surface area contributed by atoms with Crippen molar-refractivity contribution in [2.75, 3.05) is 29.9 Å². The van der Waals surface area contributed by atoms with Gasteiger partial charge < -0.3 is 5.32 Å². The highest BCUT2D eigenvalue weighted by Crippen LogP contribution is 2.37. The Bertz CT molecular complexity index is 642. The molecule has 3 rings (SSSR count). The van der Waals surface area contributed by atoms with E-state index in [0.717, 1.165) is 17.7 Å². The molecule has 1 fully saturated rings. The Hall–Kier alpha value is -2.09. The number of alkyl halides is 3. The van der Waals surface area contributed by atoms with E-state index < -0.39 is 30.5 Å². The first kappa shape index (κ1) is 16.8. The molecule has 2 aliphatic rings. The molecule has 1 aromatic rings. The van der Waals surface area contributed by atoms with Crippen molar-refractivity contribution >= 4 is 23.2 Å². The highest BCUT2D eigenvalue weighted by Gasteiger charge is 2.49. The van der Waals surface area contributed by atoms with Gasteiger partial charge in [0.25, 0.3) is 0 Å². The van der Waals surface area contributed by atoms with Crippen LogP contribution in [0.5, 0.6) is 0 Å². The minimum Gasteiger partial charge on any atom is -0.324 e. The maximum absolute atomic E-state index is 13.5. The number of hydrogen-bond donors (Lipinski definition) is 1. The average Bonchev–Trinajstić information content (AvgIpc) is 2.94. The zero-order valence-corrected chi connectivity index (χ0v) is 13.0. The number of halogens is 3. The van der Waals surface area contributed by atoms with Crippen LogP contribution in [-0.2, 0) is 9.59 Å². The van der Waals surface area contributed by atoms with Crippen LogP contribution in [0.25, 0.3) is 0 Å². The van der Waals surface area contributed by atoms with Crippen molar-refractivity contribution in [2.24, 2.45) is 0 Å². The van der Waals surface area contributed by atoms with E-state index >= 15 is 0 Å². The number of rotatable bonds is 2. The van der Waals surface area contributed by atoms with E-state index in [1.807, 2.05) is 4.90 Å². The van der Waals surface area contributed by atoms with Gasteiger partial charge in [0.2, 0.25) is 11.8 Å². The Morgan fingerprint density at radius 3 is 2.54 bits per heavy atom. The molecule has 0 spiro atoms. The van der Waals surface area contributed by atoms with Crippen LogP contribution in [-0.4, -0.2) is 48.6 Å². The van der Waals surface area contributed by atoms with Crippen LogP contribution in [0.2, 0.25) is 0 Å². The molecule has 2 heterocycles. The largest absolute Gasteiger partial charge is 0.409 e. The van der Waals surface area contributed by atoms with Gasteiger partial charge in [0.1, 0.15) is 6.04 Å². The Balaban J connectivity index is 1.98. The van der Waals surface area contributed by atoms with E-state index in [-0.39, 0.29) is 17.9 Å². The predicted molar refractivity (Wildman–Crippen MR) is 82.7 cm³/mol. The molecular weight excluding hydrogens is 323 g/mol. The van der Waals surface area contributed by atoms with Gasteiger partial charge in [-0.3, -0.25) is 19.4 Å². The number of nitrogens with one attached hydrogen (secondary N) is 1. The van der Waals surface area contributed by atoms with Crippen molar-refractivity contribution in [3.8, 4) is 0 Å². The summed E-state index contributed by atoms with van der Waals surface area (Å²) in [5.74, 6) is -1.38. The maximum Gasteiger partial charge on any atom is 0.409 e. The fraction of sp³-hybridized carbons (Fsp3) is 0.500. The molecule has 2 aliphatic heterocycles. The molecule has 0 radical (unpaired) electrons. The second-order valence-corrected chi connectivity index (χ2v) is 6.07. The van der Waals surface area contributed by atoms with Gasteiger partial charge in [-0.05, 0) is 38.1 Å². The van der Waals surface area contributed by atoms with Gasteiger partial charge >= 0.3 is 6.18 Å². The number of anilines is 2. The monoisotopic (exact) mass is 341 g/mol. The smallest absolute Gasteiger partial charge is 0.324 e. The number of nitrogens with zero attached hydrogens (tertiary/aromatic N) is 2. The molecule has 8 heteroatoms. The van der Waals surface area contributed by atoms with Gasteiger partial charge in [-0.1, -0.05) is 12.1 Å². The number of benzene rings is 1. The molecule has 0 aromatic heterocycles. The van der Waals surface area contributed by atoms with Gasteiger partial charge in [0, 0.05) is 0 Å². The third-order valence-electron chi connectivity index (χ3n) is 4.33. The van der Waals surface area contributed by atoms with Crippen molar-refractivity contribution in [3.05, 3.63) is 24.3 Å². The van der Waals surface area contributed by atoms with E-state index in [1.54, 1.807) is 12.1 Å². The van der Waals surface area contributed by atoms with E-state index in [9.17, 15) is 22.8 Å². The number of likely N-dealkylation sites (tertiary alicyclic amines) is 1. The van der Waals surface area contributed by atoms with Crippen LogP contribution in [0, 0.1) is 0 Å². The average molecular weight is 341 g/mol. The topological polar surface area (TPSA) is 52.7 Å². The second-order valence-electron chi connectivity index (χ2n) is 6.07. The Morgan fingerprint density at radius 2 is 1.88 bits per heavy atom. The van der Waals surface area contributed by atoms with Crippen LogP contribution in [0.4, 0.5) is 24.5 Å². The second kappa shape index (κ2) is 6.43. The van der Waals surface area contributed by atoms with Crippen LogP contribution in [0.1, 0.15) is 19.3 Å². The summed E-state index contributed by atoms with van der Waals surface area (Å²) < 4.78 is 40.6. The molecule has 5 nitrogen and oxygen atoms in total. The molecule has 1 atom stereocenters. The highest BCUT2D eigenvalue weighted by molar-refractivity contribution is 6.05. The van der Waals surface area contributed by atoms with Gasteiger partial charge in [0.15, 0.2) is 0 Å². The fourth-order valence-electron chi connectivity index (χ4n) is 3.20. The fourth-order valence-corrected chi connectivity index (χ4v) is 3.20. The normalized spacial score (nSPS) is 22.0. The van der Waals surface area contributed by atoms with Gasteiger partial charge in [0.05, 0.1) is 24.3 Å². The van der Waals surface area contributed by atoms with Gasteiger partial charge in [-0.25, -0.2) is 0 Å². The van der Waals surface area contributed by atoms with Crippen molar-refractivity contribution < 1.29 is 22.8 Å². The van der Waals surface area contributed by atoms with E-state index in [0.29, 0.717) is 13.1 Å². The maximum atomic E-state index is 13.5. The van der Waals surface area contributed by atoms with Gasteiger partial charge in [-0.2, -0.15) is 13.2 Å². The van der Waals surface area contributed by atoms with Crippen LogP contribution in [0.3, 0.4) is 0 Å². The van der Waals surface area contributed by atoms with E-state index in [4.69, 9.17) is 0 Å². The van der Waals surface area contributed by atoms with Crippen molar-refractivity contribution in [1.29, 1.82) is 0 Å². The summed E-state index contributed by atoms with van der Waals surface area (Å²) in [4.78, 5) is 27.1. The third-order valence-corrected chi connectivity index (χ3v) is 4.33. The molecule has 1 N–H and O–H groups in total. The quantitative estimate of drug-likeness (QED) is 0.899. The third kappa shape index (κ3) is 3.38. The first-order valence-corrected chi connectivity index (χ1v) is 7.86. The van der Waals surface area contributed by atoms with Crippen LogP contribution in [0.15, 0.2) is 24.3 Å². The molecule has 0 bridgehead atoms. The zero-order chi connectivity index (χ0) is 17.3. The summed E-state index contributed by atoms with van der Waals surface area (Å²) in [6.07, 6.45) is -3.61. The van der Waals surface area contributed by atoms with Crippen molar-refractivity contribution in [3.63, 3.8) is 0 Å². The Morgan fingerprint density at radius 1 is 1.21 bits per heavy atom. The first-order chi connectivity index (χ1) is 11.4. The summed E-state index contributed by atoms with van der Waals surface area (Å²) in [6.45, 7) is 1.33. The lowest BCUT2D eigenvalue weighted by atomic mass is 10.1. The molecule has 0 aliphatic carbocycles. The lowest BCUT2D eigenvalue weighted by Crippen LogP contribution is -2.52. The molecule has 1 saturated heterocycles. The number of fused-ring (bicyclic) bond motifs is 1. The minimum absolute atomic E-state index is 0.0743. The molecule has 2 amide bonds. The lowest BCUT2D eigenvalue weighted by Gasteiger charge is -2.32. The minimum atomic E-state index is -4.69. The molecule has 24 heavy (non-hydrogen) atoms. The number of carbonyl (C=O) groups is 2. The lowest BCUT2D eigenvalue weighted by molar-refractivity contribution is -0.158. The van der Waals surface area contributed by atoms with Crippen molar-refractivity contribution in [1.82, 2.24) is 4.90 Å². The molecular formula is C16H18F3N3O2.